The molecule has 6 rings (SSSR count). The Balaban J connectivity index is 0.00000104. The lowest BCUT2D eigenvalue weighted by molar-refractivity contribution is -0.385. The molecule has 6 aromatic carbocycles. The Hall–Kier alpha value is -8.56. The molecule has 25 nitrogen and oxygen atoms in total. The summed E-state index contributed by atoms with van der Waals surface area (Å²) < 4.78 is 5.20. The van der Waals surface area contributed by atoms with Gasteiger partial charge in [-0.1, -0.05) is 136 Å². The Bertz CT molecular complexity index is 3010. The zero-order valence-electron chi connectivity index (χ0n) is 51.4. The molecule has 0 fully saturated rings. The lowest BCUT2D eigenvalue weighted by atomic mass is 9.86. The van der Waals surface area contributed by atoms with Crippen LogP contribution in [0, 0.1) is 66.6 Å². The number of rotatable bonds is 26. The zero-order valence-corrected chi connectivity index (χ0v) is 51.4. The van der Waals surface area contributed by atoms with Crippen LogP contribution in [0.15, 0.2) is 146 Å². The van der Waals surface area contributed by atoms with Gasteiger partial charge in [0.05, 0.1) is 61.6 Å². The number of aliphatic hydroxyl groups excluding tert-OH is 3. The molecule has 0 heterocycles. The smallest absolute Gasteiger partial charge is 0.269 e. The second-order valence-electron chi connectivity index (χ2n) is 20.1. The number of ether oxygens (including phenoxy) is 1. The fourth-order valence-corrected chi connectivity index (χ4v) is 8.96. The van der Waals surface area contributed by atoms with Crippen molar-refractivity contribution in [2.24, 2.45) is 5.92 Å². The van der Waals surface area contributed by atoms with Gasteiger partial charge in [0, 0.05) is 86.3 Å². The minimum absolute atomic E-state index is 0. The van der Waals surface area contributed by atoms with Crippen LogP contribution in [0.1, 0.15) is 184 Å². The van der Waals surface area contributed by atoms with Crippen LogP contribution in [0.4, 0.5) is 34.1 Å². The molecule has 6 atom stereocenters. The molecule has 0 aliphatic heterocycles. The van der Waals surface area contributed by atoms with Gasteiger partial charge in [-0.25, -0.2) is 9.78 Å². The van der Waals surface area contributed by atoms with Crippen molar-refractivity contribution < 1.29 is 64.5 Å². The van der Waals surface area contributed by atoms with Gasteiger partial charge in [0.25, 0.3) is 34.1 Å². The molecule has 488 valence electrons. The van der Waals surface area contributed by atoms with Gasteiger partial charge in [-0.15, -0.1) is 0 Å². The molecule has 0 aromatic heterocycles. The SMILES string of the molecule is C.CCC(CC(O)O)c1cccc([N+](=O)[O-])c1.CCC(CCOOC)c1cccc([N+](=O)[O-])c1.CCC(O)c1cccc([N+](=O)[O-])c1.CCC(O)c1cccc([N+](=O)[O-])c1.CCC(OC)c1cccc([N+](=O)[O-])c1.CCC(c1cccc([N+](=O)[O-])c1)C(C)C. The van der Waals surface area contributed by atoms with Gasteiger partial charge in [-0.2, -0.15) is 0 Å². The Morgan fingerprint density at radius 3 is 0.989 bits per heavy atom. The lowest BCUT2D eigenvalue weighted by Gasteiger charge is -2.18. The van der Waals surface area contributed by atoms with Gasteiger partial charge in [-0.3, -0.25) is 60.7 Å². The Morgan fingerprint density at radius 2 is 0.708 bits per heavy atom. The van der Waals surface area contributed by atoms with Crippen molar-refractivity contribution in [2.75, 3.05) is 20.8 Å². The molecular formula is C64H88N6O19. The van der Waals surface area contributed by atoms with Crippen molar-refractivity contribution in [1.29, 1.82) is 0 Å². The average Bonchev–Trinajstić information content (AvgIpc) is 3.66. The monoisotopic (exact) mass is 1240 g/mol. The fraction of sp³-hybridized carbons (Fsp3) is 0.438. The van der Waals surface area contributed by atoms with Crippen LogP contribution in [0.25, 0.3) is 0 Å². The van der Waals surface area contributed by atoms with Crippen molar-refractivity contribution >= 4 is 34.1 Å². The second-order valence-corrected chi connectivity index (χ2v) is 20.1. The third kappa shape index (κ3) is 29.8. The minimum Gasteiger partial charge on any atom is -0.388 e. The molecule has 25 heteroatoms. The van der Waals surface area contributed by atoms with Crippen molar-refractivity contribution in [2.45, 2.75) is 157 Å². The standard InChI is InChI=1S/C12H17NO4.C12H17NO2.C11H15NO4.C10H13NO3.2C9H11NO3.CH4/c1-3-10(7-8-17-16-2)11-5-4-6-12(9-11)13(14)15;1-4-12(9(2)3)10-6-5-7-11(8-10)13(14)15;1-2-8(7-11(13)14)9-4-3-5-10(6-9)12(15)16;1-3-10(14-2)8-5-4-6-9(7-8)11(12)13;2*1-2-9(11)7-4-3-5-8(6-7)10(12)13;/h4-6,9-10H,3,7-8H2,1-2H3;5-9,12H,4H2,1-3H3;3-6,8,11,13-14H,2,7H2,1H3;4-7,10H,3H2,1-2H3;2*3-6,9,11H,2H2,1H3;1H4. The average molecular weight is 1250 g/mol. The zero-order chi connectivity index (χ0) is 66.5. The number of aliphatic hydroxyl groups is 4. The molecule has 6 aromatic rings. The van der Waals surface area contributed by atoms with E-state index in [1.807, 2.05) is 45.9 Å². The van der Waals surface area contributed by atoms with Crippen LogP contribution in [-0.2, 0) is 14.5 Å². The van der Waals surface area contributed by atoms with Gasteiger partial charge < -0.3 is 25.2 Å². The van der Waals surface area contributed by atoms with Crippen LogP contribution >= 0.6 is 0 Å². The van der Waals surface area contributed by atoms with Crippen molar-refractivity contribution in [3.63, 3.8) is 0 Å². The number of nitrogens with zero attached hydrogens (tertiary/aromatic N) is 6. The highest BCUT2D eigenvalue weighted by atomic mass is 17.2. The Morgan fingerprint density at radius 1 is 0.404 bits per heavy atom. The topological polar surface area (TPSA) is 367 Å². The number of hydrogen-bond donors (Lipinski definition) is 4. The number of methoxy groups -OCH3 is 1. The molecule has 0 amide bonds. The maximum Gasteiger partial charge on any atom is 0.269 e. The molecule has 0 saturated heterocycles. The van der Waals surface area contributed by atoms with E-state index in [1.54, 1.807) is 79.9 Å². The van der Waals surface area contributed by atoms with Crippen molar-refractivity contribution in [3.8, 4) is 0 Å². The summed E-state index contributed by atoms with van der Waals surface area (Å²) in [6.45, 7) is 16.5. The number of hydrogen-bond acceptors (Lipinski definition) is 19. The molecule has 0 spiro atoms. The van der Waals surface area contributed by atoms with E-state index in [-0.39, 0.29) is 75.8 Å². The van der Waals surface area contributed by atoms with E-state index < -0.39 is 38.2 Å². The summed E-state index contributed by atoms with van der Waals surface area (Å²) in [5.41, 5.74) is 5.35. The summed E-state index contributed by atoms with van der Waals surface area (Å²) in [4.78, 5) is 70.1. The van der Waals surface area contributed by atoms with E-state index in [4.69, 9.17) is 19.8 Å². The third-order valence-electron chi connectivity index (χ3n) is 13.8. The summed E-state index contributed by atoms with van der Waals surface area (Å²) in [5.74, 6) is 1.10. The summed E-state index contributed by atoms with van der Waals surface area (Å²) in [6, 6.07) is 38.7. The summed E-state index contributed by atoms with van der Waals surface area (Å²) in [6.07, 6.45) is 2.86. The quantitative estimate of drug-likeness (QED) is 0.0129. The van der Waals surface area contributed by atoms with Crippen LogP contribution in [0.3, 0.4) is 0 Å². The summed E-state index contributed by atoms with van der Waals surface area (Å²) in [7, 11) is 3.07. The lowest BCUT2D eigenvalue weighted by Crippen LogP contribution is -2.11. The highest BCUT2D eigenvalue weighted by Crippen LogP contribution is 2.31. The maximum atomic E-state index is 10.7. The first kappa shape index (κ1) is 80.4. The molecule has 0 bridgehead atoms. The molecule has 0 aliphatic rings. The Labute approximate surface area is 519 Å². The van der Waals surface area contributed by atoms with Gasteiger partial charge in [0.15, 0.2) is 6.29 Å². The number of nitro benzene ring substituents is 6. The van der Waals surface area contributed by atoms with E-state index >= 15 is 0 Å². The largest absolute Gasteiger partial charge is 0.388 e. The normalized spacial score (nSPS) is 12.4. The molecule has 0 radical (unpaired) electrons. The number of non-ortho nitro benzene ring substituents is 6. The highest BCUT2D eigenvalue weighted by Gasteiger charge is 2.19. The number of nitro groups is 6. The molecule has 0 aliphatic carbocycles. The first-order valence-corrected chi connectivity index (χ1v) is 28.6. The van der Waals surface area contributed by atoms with Crippen LogP contribution < -0.4 is 0 Å². The van der Waals surface area contributed by atoms with Gasteiger partial charge in [0.2, 0.25) is 0 Å². The van der Waals surface area contributed by atoms with E-state index in [1.165, 1.54) is 61.7 Å². The minimum atomic E-state index is -1.38. The van der Waals surface area contributed by atoms with E-state index in [9.17, 15) is 70.9 Å². The Kier molecular flexibility index (Phi) is 39.7. The van der Waals surface area contributed by atoms with Crippen LogP contribution in [0.2, 0.25) is 0 Å². The van der Waals surface area contributed by atoms with E-state index in [2.05, 4.69) is 32.6 Å². The van der Waals surface area contributed by atoms with Crippen LogP contribution in [0.5, 0.6) is 0 Å². The van der Waals surface area contributed by atoms with Gasteiger partial charge >= 0.3 is 0 Å². The maximum absolute atomic E-state index is 10.7. The van der Waals surface area contributed by atoms with Crippen molar-refractivity contribution in [3.05, 3.63) is 240 Å². The molecular weight excluding hydrogens is 1160 g/mol. The third-order valence-corrected chi connectivity index (χ3v) is 13.8. The predicted molar refractivity (Wildman–Crippen MR) is 340 cm³/mol. The summed E-state index contributed by atoms with van der Waals surface area (Å²) in [5, 5.41) is 99.9. The van der Waals surface area contributed by atoms with Gasteiger partial charge in [-0.05, 0) is 102 Å². The highest BCUT2D eigenvalue weighted by molar-refractivity contribution is 5.40. The van der Waals surface area contributed by atoms with Crippen molar-refractivity contribution in [1.82, 2.24) is 0 Å². The molecule has 6 unspecified atom stereocenters. The van der Waals surface area contributed by atoms with Gasteiger partial charge in [0.1, 0.15) is 0 Å². The summed E-state index contributed by atoms with van der Waals surface area (Å²) >= 11 is 0. The molecule has 89 heavy (non-hydrogen) atoms. The van der Waals surface area contributed by atoms with Crippen LogP contribution in [-0.4, -0.2) is 77.1 Å². The number of benzene rings is 6. The molecule has 0 saturated carbocycles. The second kappa shape index (κ2) is 44.0. The predicted octanol–water partition coefficient (Wildman–Crippen LogP) is 16.0. The molecule has 4 N–H and O–H groups in total. The van der Waals surface area contributed by atoms with E-state index in [0.717, 1.165) is 47.9 Å². The first-order chi connectivity index (χ1) is 41.8. The van der Waals surface area contributed by atoms with E-state index in [0.29, 0.717) is 48.8 Å². The first-order valence-electron chi connectivity index (χ1n) is 28.6. The fourth-order valence-electron chi connectivity index (χ4n) is 8.96.